The molecule has 6 heteroatoms. The average Bonchev–Trinajstić information content (AvgIpc) is 2.65. The first-order chi connectivity index (χ1) is 12.2. The van der Waals surface area contributed by atoms with Gasteiger partial charge in [0.05, 0.1) is 12.1 Å². The number of H-pyrrole nitrogens is 1. The molecule has 2 heterocycles. The van der Waals surface area contributed by atoms with Gasteiger partial charge in [-0.15, -0.1) is 0 Å². The van der Waals surface area contributed by atoms with Gasteiger partial charge in [0.1, 0.15) is 12.7 Å². The zero-order chi connectivity index (χ0) is 17.2. The predicted octanol–water partition coefficient (Wildman–Crippen LogP) is 2.10. The highest BCUT2D eigenvalue weighted by Crippen LogP contribution is 2.30. The average molecular weight is 336 g/mol. The maximum atomic E-state index is 12.5. The second-order valence-electron chi connectivity index (χ2n) is 5.80. The summed E-state index contributed by atoms with van der Waals surface area (Å²) in [6, 6.07) is 15.9. The van der Waals surface area contributed by atoms with E-state index in [-0.39, 0.29) is 24.1 Å². The molecule has 0 spiro atoms. The number of nitrogens with one attached hydrogen (secondary N) is 2. The Kier molecular flexibility index (Phi) is 3.85. The quantitative estimate of drug-likeness (QED) is 0.767. The number of hydrogen-bond donors (Lipinski definition) is 2. The fraction of sp³-hybridized carbons (Fsp3) is 0.158. The Labute approximate surface area is 143 Å². The van der Waals surface area contributed by atoms with Crippen molar-refractivity contribution in [2.24, 2.45) is 0 Å². The van der Waals surface area contributed by atoms with Crippen LogP contribution in [-0.2, 0) is 0 Å². The van der Waals surface area contributed by atoms with Crippen LogP contribution >= 0.6 is 0 Å². The Balaban J connectivity index is 1.49. The molecule has 6 nitrogen and oxygen atoms in total. The van der Waals surface area contributed by atoms with E-state index in [0.717, 1.165) is 0 Å². The highest BCUT2D eigenvalue weighted by molar-refractivity contribution is 6.05. The third-order valence-corrected chi connectivity index (χ3v) is 4.05. The first-order valence-electron chi connectivity index (χ1n) is 7.99. The SMILES string of the molecule is O=C(NCC1COc2ccccc2O1)c1cc(=O)[nH]c2ccccc12. The van der Waals surface area contributed by atoms with Crippen LogP contribution < -0.4 is 20.3 Å². The van der Waals surface area contributed by atoms with Crippen molar-refractivity contribution < 1.29 is 14.3 Å². The van der Waals surface area contributed by atoms with Gasteiger partial charge in [-0.2, -0.15) is 0 Å². The summed E-state index contributed by atoms with van der Waals surface area (Å²) in [4.78, 5) is 27.0. The topological polar surface area (TPSA) is 80.4 Å². The maximum absolute atomic E-state index is 12.5. The summed E-state index contributed by atoms with van der Waals surface area (Å²) in [5, 5.41) is 3.52. The van der Waals surface area contributed by atoms with Crippen molar-refractivity contribution in [3.63, 3.8) is 0 Å². The molecule has 0 fully saturated rings. The van der Waals surface area contributed by atoms with Gasteiger partial charge < -0.3 is 19.8 Å². The molecular weight excluding hydrogens is 320 g/mol. The van der Waals surface area contributed by atoms with Crippen molar-refractivity contribution in [3.05, 3.63) is 70.5 Å². The van der Waals surface area contributed by atoms with Crippen LogP contribution in [0, 0.1) is 0 Å². The number of aromatic nitrogens is 1. The van der Waals surface area contributed by atoms with E-state index in [2.05, 4.69) is 10.3 Å². The minimum atomic E-state index is -0.315. The molecule has 4 rings (SSSR count). The second kappa shape index (κ2) is 6.32. The van der Waals surface area contributed by atoms with Gasteiger partial charge in [0.2, 0.25) is 5.56 Å². The number of hydrogen-bond acceptors (Lipinski definition) is 4. The van der Waals surface area contributed by atoms with Crippen LogP contribution in [0.5, 0.6) is 11.5 Å². The van der Waals surface area contributed by atoms with Crippen molar-refractivity contribution in [3.8, 4) is 11.5 Å². The van der Waals surface area contributed by atoms with Crippen LogP contribution in [-0.4, -0.2) is 30.1 Å². The molecule has 1 unspecified atom stereocenters. The number of carbonyl (C=O) groups excluding carboxylic acids is 1. The van der Waals surface area contributed by atoms with Gasteiger partial charge in [-0.25, -0.2) is 0 Å². The second-order valence-corrected chi connectivity index (χ2v) is 5.80. The van der Waals surface area contributed by atoms with E-state index in [0.29, 0.717) is 34.6 Å². The minimum Gasteiger partial charge on any atom is -0.486 e. The molecular formula is C19H16N2O4. The monoisotopic (exact) mass is 336 g/mol. The summed E-state index contributed by atoms with van der Waals surface area (Å²) in [5.74, 6) is 1.05. The number of benzene rings is 2. The van der Waals surface area contributed by atoms with Crippen LogP contribution in [0.25, 0.3) is 10.9 Å². The summed E-state index contributed by atoms with van der Waals surface area (Å²) in [6.07, 6.45) is -0.285. The minimum absolute atomic E-state index is 0.285. The summed E-state index contributed by atoms with van der Waals surface area (Å²) in [7, 11) is 0. The normalized spacial score (nSPS) is 15.8. The van der Waals surface area contributed by atoms with Crippen LogP contribution in [0.1, 0.15) is 10.4 Å². The zero-order valence-corrected chi connectivity index (χ0v) is 13.3. The first kappa shape index (κ1) is 15.3. The predicted molar refractivity (Wildman–Crippen MR) is 93.3 cm³/mol. The van der Waals surface area contributed by atoms with Gasteiger partial charge in [0.15, 0.2) is 11.5 Å². The van der Waals surface area contributed by atoms with E-state index in [1.165, 1.54) is 6.07 Å². The van der Waals surface area contributed by atoms with Crippen molar-refractivity contribution >= 4 is 16.8 Å². The highest BCUT2D eigenvalue weighted by Gasteiger charge is 2.21. The van der Waals surface area contributed by atoms with E-state index >= 15 is 0 Å². The number of para-hydroxylation sites is 3. The first-order valence-corrected chi connectivity index (χ1v) is 7.99. The highest BCUT2D eigenvalue weighted by atomic mass is 16.6. The van der Waals surface area contributed by atoms with E-state index in [1.54, 1.807) is 12.1 Å². The zero-order valence-electron chi connectivity index (χ0n) is 13.3. The lowest BCUT2D eigenvalue weighted by molar-refractivity contribution is 0.0790. The van der Waals surface area contributed by atoms with E-state index in [9.17, 15) is 9.59 Å². The summed E-state index contributed by atoms with van der Waals surface area (Å²) in [6.45, 7) is 0.641. The van der Waals surface area contributed by atoms with Gasteiger partial charge in [0, 0.05) is 17.0 Å². The van der Waals surface area contributed by atoms with E-state index in [4.69, 9.17) is 9.47 Å². The smallest absolute Gasteiger partial charge is 0.252 e. The molecule has 126 valence electrons. The molecule has 2 N–H and O–H groups in total. The lowest BCUT2D eigenvalue weighted by Gasteiger charge is -2.26. The Morgan fingerprint density at radius 3 is 2.76 bits per heavy atom. The molecule has 0 bridgehead atoms. The molecule has 0 saturated carbocycles. The summed E-state index contributed by atoms with van der Waals surface area (Å²) in [5.41, 5.74) is 0.665. The van der Waals surface area contributed by atoms with Crippen LogP contribution in [0.15, 0.2) is 59.4 Å². The lowest BCUT2D eigenvalue weighted by Crippen LogP contribution is -2.41. The molecule has 3 aromatic rings. The molecule has 1 aromatic heterocycles. The lowest BCUT2D eigenvalue weighted by atomic mass is 10.1. The van der Waals surface area contributed by atoms with E-state index < -0.39 is 0 Å². The molecule has 1 amide bonds. The van der Waals surface area contributed by atoms with Crippen LogP contribution in [0.3, 0.4) is 0 Å². The number of rotatable bonds is 3. The molecule has 0 radical (unpaired) electrons. The van der Waals surface area contributed by atoms with Crippen molar-refractivity contribution in [1.29, 1.82) is 0 Å². The number of amides is 1. The fourth-order valence-electron chi connectivity index (χ4n) is 2.86. The molecule has 1 aliphatic rings. The van der Waals surface area contributed by atoms with Crippen LogP contribution in [0.2, 0.25) is 0 Å². The molecule has 1 aliphatic heterocycles. The maximum Gasteiger partial charge on any atom is 0.252 e. The van der Waals surface area contributed by atoms with E-state index in [1.807, 2.05) is 36.4 Å². The summed E-state index contributed by atoms with van der Waals surface area (Å²) >= 11 is 0. The molecule has 1 atom stereocenters. The van der Waals surface area contributed by atoms with Gasteiger partial charge in [-0.05, 0) is 18.2 Å². The Morgan fingerprint density at radius 1 is 1.12 bits per heavy atom. The largest absolute Gasteiger partial charge is 0.486 e. The third kappa shape index (κ3) is 3.06. The molecule has 25 heavy (non-hydrogen) atoms. The number of carbonyl (C=O) groups is 1. The standard InChI is InChI=1S/C19H16N2O4/c22-18-9-14(13-5-1-2-6-15(13)21-18)19(23)20-10-12-11-24-16-7-3-4-8-17(16)25-12/h1-9,12H,10-11H2,(H,20,23)(H,21,22). The van der Waals surface area contributed by atoms with Gasteiger partial charge in [0.25, 0.3) is 5.91 Å². The Hall–Kier alpha value is -3.28. The van der Waals surface area contributed by atoms with Crippen molar-refractivity contribution in [2.75, 3.05) is 13.2 Å². The van der Waals surface area contributed by atoms with Gasteiger partial charge in [-0.1, -0.05) is 30.3 Å². The van der Waals surface area contributed by atoms with Gasteiger partial charge in [-0.3, -0.25) is 9.59 Å². The molecule has 2 aromatic carbocycles. The third-order valence-electron chi connectivity index (χ3n) is 4.05. The van der Waals surface area contributed by atoms with Crippen molar-refractivity contribution in [1.82, 2.24) is 10.3 Å². The number of pyridine rings is 1. The Morgan fingerprint density at radius 2 is 1.88 bits per heavy atom. The molecule has 0 saturated heterocycles. The fourth-order valence-corrected chi connectivity index (χ4v) is 2.86. The van der Waals surface area contributed by atoms with Crippen LogP contribution in [0.4, 0.5) is 0 Å². The van der Waals surface area contributed by atoms with Crippen molar-refractivity contribution in [2.45, 2.75) is 6.10 Å². The summed E-state index contributed by atoms with van der Waals surface area (Å²) < 4.78 is 11.5. The Bertz CT molecular complexity index is 996. The number of ether oxygens (including phenoxy) is 2. The number of fused-ring (bicyclic) bond motifs is 2. The molecule has 0 aliphatic carbocycles. The van der Waals surface area contributed by atoms with Gasteiger partial charge >= 0.3 is 0 Å². The number of aromatic amines is 1.